The number of carbonyl (C=O) groups excluding carboxylic acids is 2. The van der Waals surface area contributed by atoms with Gasteiger partial charge in [-0.15, -0.1) is 11.3 Å². The van der Waals surface area contributed by atoms with Gasteiger partial charge in [-0.3, -0.25) is 20.4 Å². The first-order valence-corrected chi connectivity index (χ1v) is 7.10. The third kappa shape index (κ3) is 3.37. The predicted octanol–water partition coefficient (Wildman–Crippen LogP) is 3.09. The topological polar surface area (TPSA) is 58.2 Å². The molecule has 0 spiro atoms. The van der Waals surface area contributed by atoms with Crippen molar-refractivity contribution in [2.24, 2.45) is 0 Å². The Hall–Kier alpha value is -1.85. The summed E-state index contributed by atoms with van der Waals surface area (Å²) in [5.74, 6) is -0.714. The number of aryl methyl sites for hydroxylation is 2. The molecule has 0 aliphatic heterocycles. The number of hydrogen-bond donors (Lipinski definition) is 2. The zero-order valence-electron chi connectivity index (χ0n) is 11.0. The molecule has 0 radical (unpaired) electrons. The maximum absolute atomic E-state index is 11.9. The van der Waals surface area contributed by atoms with E-state index in [0.717, 1.165) is 9.75 Å². The lowest BCUT2D eigenvalue weighted by atomic mass is 10.2. The Morgan fingerprint density at radius 3 is 2.20 bits per heavy atom. The SMILES string of the molecule is Cc1cc(C(=O)NNC(=O)c2ccc(Cl)cc2)c(C)s1. The van der Waals surface area contributed by atoms with Gasteiger partial charge in [0, 0.05) is 20.3 Å². The zero-order valence-corrected chi connectivity index (χ0v) is 12.6. The van der Waals surface area contributed by atoms with Crippen molar-refractivity contribution in [2.45, 2.75) is 13.8 Å². The Morgan fingerprint density at radius 1 is 1.05 bits per heavy atom. The molecular weight excluding hydrogens is 296 g/mol. The number of nitrogens with one attached hydrogen (secondary N) is 2. The van der Waals surface area contributed by atoms with E-state index >= 15 is 0 Å². The van der Waals surface area contributed by atoms with Crippen molar-refractivity contribution in [3.05, 3.63) is 56.2 Å². The number of hydrogen-bond acceptors (Lipinski definition) is 3. The van der Waals surface area contributed by atoms with Crippen molar-refractivity contribution in [1.29, 1.82) is 0 Å². The van der Waals surface area contributed by atoms with Crippen LogP contribution >= 0.6 is 22.9 Å². The normalized spacial score (nSPS) is 10.2. The molecule has 0 unspecified atom stereocenters. The highest BCUT2D eigenvalue weighted by molar-refractivity contribution is 7.12. The van der Waals surface area contributed by atoms with Gasteiger partial charge in [0.15, 0.2) is 0 Å². The average molecular weight is 309 g/mol. The van der Waals surface area contributed by atoms with Gasteiger partial charge < -0.3 is 0 Å². The van der Waals surface area contributed by atoms with E-state index in [-0.39, 0.29) is 11.8 Å². The summed E-state index contributed by atoms with van der Waals surface area (Å²) < 4.78 is 0. The van der Waals surface area contributed by atoms with Crippen LogP contribution in [0.3, 0.4) is 0 Å². The van der Waals surface area contributed by atoms with Crippen molar-refractivity contribution in [2.75, 3.05) is 0 Å². The Morgan fingerprint density at radius 2 is 1.65 bits per heavy atom. The molecule has 20 heavy (non-hydrogen) atoms. The van der Waals surface area contributed by atoms with Gasteiger partial charge >= 0.3 is 0 Å². The van der Waals surface area contributed by atoms with Crippen LogP contribution in [-0.4, -0.2) is 11.8 Å². The van der Waals surface area contributed by atoms with Crippen molar-refractivity contribution in [3.63, 3.8) is 0 Å². The molecule has 4 nitrogen and oxygen atoms in total. The zero-order chi connectivity index (χ0) is 14.7. The smallest absolute Gasteiger partial charge is 0.267 e. The van der Waals surface area contributed by atoms with Crippen LogP contribution in [0.4, 0.5) is 0 Å². The minimum atomic E-state index is -0.389. The summed E-state index contributed by atoms with van der Waals surface area (Å²) in [7, 11) is 0. The number of rotatable bonds is 2. The molecule has 1 heterocycles. The maximum Gasteiger partial charge on any atom is 0.270 e. The fraction of sp³-hybridized carbons (Fsp3) is 0.143. The van der Waals surface area contributed by atoms with Crippen LogP contribution in [0.1, 0.15) is 30.5 Å². The Balaban J connectivity index is 1.98. The first kappa shape index (κ1) is 14.6. The highest BCUT2D eigenvalue weighted by Crippen LogP contribution is 2.20. The second-order valence-corrected chi connectivity index (χ2v) is 6.14. The fourth-order valence-corrected chi connectivity index (χ4v) is 2.76. The number of carbonyl (C=O) groups is 2. The summed E-state index contributed by atoms with van der Waals surface area (Å²) in [4.78, 5) is 25.7. The van der Waals surface area contributed by atoms with E-state index in [2.05, 4.69) is 10.9 Å². The van der Waals surface area contributed by atoms with E-state index in [0.29, 0.717) is 16.1 Å². The fourth-order valence-electron chi connectivity index (χ4n) is 1.71. The van der Waals surface area contributed by atoms with Crippen molar-refractivity contribution in [3.8, 4) is 0 Å². The molecule has 0 fully saturated rings. The van der Waals surface area contributed by atoms with E-state index < -0.39 is 0 Å². The van der Waals surface area contributed by atoms with Gasteiger partial charge in [0.05, 0.1) is 5.56 Å². The van der Waals surface area contributed by atoms with Gasteiger partial charge in [0.25, 0.3) is 11.8 Å². The molecule has 1 aromatic heterocycles. The summed E-state index contributed by atoms with van der Waals surface area (Å²) >= 11 is 7.28. The summed E-state index contributed by atoms with van der Waals surface area (Å²) in [5.41, 5.74) is 5.77. The molecule has 0 atom stereocenters. The lowest BCUT2D eigenvalue weighted by Crippen LogP contribution is -2.41. The van der Waals surface area contributed by atoms with Crippen LogP contribution in [0.2, 0.25) is 5.02 Å². The van der Waals surface area contributed by atoms with E-state index in [1.807, 2.05) is 13.8 Å². The van der Waals surface area contributed by atoms with Gasteiger partial charge in [-0.2, -0.15) is 0 Å². The molecule has 2 N–H and O–H groups in total. The minimum Gasteiger partial charge on any atom is -0.267 e. The van der Waals surface area contributed by atoms with Gasteiger partial charge in [0.1, 0.15) is 0 Å². The Kier molecular flexibility index (Phi) is 4.42. The van der Waals surface area contributed by atoms with E-state index in [4.69, 9.17) is 11.6 Å². The van der Waals surface area contributed by atoms with Crippen LogP contribution < -0.4 is 10.9 Å². The van der Waals surface area contributed by atoms with E-state index in [1.54, 1.807) is 41.7 Å². The third-order valence-electron chi connectivity index (χ3n) is 2.68. The summed E-state index contributed by atoms with van der Waals surface area (Å²) in [5, 5.41) is 0.551. The van der Waals surface area contributed by atoms with Crippen LogP contribution in [0.5, 0.6) is 0 Å². The molecule has 1 aromatic carbocycles. The van der Waals surface area contributed by atoms with E-state index in [9.17, 15) is 9.59 Å². The van der Waals surface area contributed by atoms with Crippen molar-refractivity contribution in [1.82, 2.24) is 10.9 Å². The largest absolute Gasteiger partial charge is 0.270 e. The third-order valence-corrected chi connectivity index (χ3v) is 3.90. The van der Waals surface area contributed by atoms with Crippen LogP contribution in [0, 0.1) is 13.8 Å². The summed E-state index contributed by atoms with van der Waals surface area (Å²) in [6.07, 6.45) is 0. The van der Waals surface area contributed by atoms with Gasteiger partial charge in [-0.25, -0.2) is 0 Å². The quantitative estimate of drug-likeness (QED) is 0.838. The molecule has 104 valence electrons. The minimum absolute atomic E-state index is 0.325. The Labute approximate surface area is 125 Å². The van der Waals surface area contributed by atoms with E-state index in [1.165, 1.54) is 0 Å². The first-order chi connectivity index (χ1) is 9.47. The number of amides is 2. The molecule has 2 amide bonds. The number of hydrazine groups is 1. The molecule has 0 saturated carbocycles. The van der Waals surface area contributed by atoms with Gasteiger partial charge in [-0.05, 0) is 44.2 Å². The van der Waals surface area contributed by atoms with Crippen molar-refractivity contribution < 1.29 is 9.59 Å². The lowest BCUT2D eigenvalue weighted by molar-refractivity contribution is 0.0846. The molecular formula is C14H13ClN2O2S. The second-order valence-electron chi connectivity index (χ2n) is 4.24. The molecule has 2 rings (SSSR count). The molecule has 0 aliphatic rings. The van der Waals surface area contributed by atoms with Crippen LogP contribution in [0.15, 0.2) is 30.3 Å². The lowest BCUT2D eigenvalue weighted by Gasteiger charge is -2.07. The molecule has 0 saturated heterocycles. The standard InChI is InChI=1S/C14H13ClN2O2S/c1-8-7-12(9(2)20-8)14(19)17-16-13(18)10-3-5-11(15)6-4-10/h3-7H,1-2H3,(H,16,18)(H,17,19). The molecule has 0 bridgehead atoms. The maximum atomic E-state index is 11.9. The van der Waals surface area contributed by atoms with Crippen LogP contribution in [0.25, 0.3) is 0 Å². The average Bonchev–Trinajstić information content (AvgIpc) is 2.75. The second kappa shape index (κ2) is 6.07. The van der Waals surface area contributed by atoms with Crippen LogP contribution in [-0.2, 0) is 0 Å². The number of halogens is 1. The summed E-state index contributed by atoms with van der Waals surface area (Å²) in [6, 6.07) is 8.20. The number of benzene rings is 1. The number of thiophene rings is 1. The highest BCUT2D eigenvalue weighted by atomic mass is 35.5. The first-order valence-electron chi connectivity index (χ1n) is 5.90. The highest BCUT2D eigenvalue weighted by Gasteiger charge is 2.13. The Bertz CT molecular complexity index is 650. The monoisotopic (exact) mass is 308 g/mol. The molecule has 2 aromatic rings. The van der Waals surface area contributed by atoms with Gasteiger partial charge in [-0.1, -0.05) is 11.6 Å². The molecule has 0 aliphatic carbocycles. The molecule has 6 heteroatoms. The predicted molar refractivity (Wildman–Crippen MR) is 80.2 cm³/mol. The van der Waals surface area contributed by atoms with Crippen molar-refractivity contribution >= 4 is 34.8 Å². The summed E-state index contributed by atoms with van der Waals surface area (Å²) in [6.45, 7) is 3.80. The van der Waals surface area contributed by atoms with Gasteiger partial charge in [0.2, 0.25) is 0 Å².